The van der Waals surface area contributed by atoms with Crippen molar-refractivity contribution < 1.29 is 8.42 Å². The van der Waals surface area contributed by atoms with Gasteiger partial charge >= 0.3 is 0 Å². The summed E-state index contributed by atoms with van der Waals surface area (Å²) in [5.41, 5.74) is 0.380. The van der Waals surface area contributed by atoms with Gasteiger partial charge in [0.15, 0.2) is 5.82 Å². The Morgan fingerprint density at radius 3 is 2.56 bits per heavy atom. The van der Waals surface area contributed by atoms with Crippen molar-refractivity contribution in [1.82, 2.24) is 20.2 Å². The maximum Gasteiger partial charge on any atom is 0.262 e. The largest absolute Gasteiger partial charge is 0.262 e. The minimum atomic E-state index is -3.81. The van der Waals surface area contributed by atoms with Gasteiger partial charge in [0.05, 0.1) is 4.90 Å². The van der Waals surface area contributed by atoms with Gasteiger partial charge in [-0.25, -0.2) is 13.1 Å². The molecule has 0 fully saturated rings. The molecule has 0 amide bonds. The van der Waals surface area contributed by atoms with Gasteiger partial charge in [-0.2, -0.15) is 0 Å². The molecule has 0 bridgehead atoms. The van der Waals surface area contributed by atoms with E-state index in [-0.39, 0.29) is 4.90 Å². The highest BCUT2D eigenvalue weighted by Crippen LogP contribution is 2.26. The number of nitrogens with zero attached hydrogens (tertiary/aromatic N) is 4. The number of hydrogen-bond donors (Lipinski definition) is 0. The van der Waals surface area contributed by atoms with Gasteiger partial charge in [-0.1, -0.05) is 12.1 Å². The van der Waals surface area contributed by atoms with Crippen LogP contribution in [0.2, 0.25) is 0 Å². The second-order valence-corrected chi connectivity index (χ2v) is 5.59. The molecular weight excluding hydrogens is 252 g/mol. The lowest BCUT2D eigenvalue weighted by molar-refractivity contribution is 0.609. The summed E-state index contributed by atoms with van der Waals surface area (Å²) >= 11 is 0. The zero-order valence-electron chi connectivity index (χ0n) is 8.20. The number of halogens is 1. The topological polar surface area (TPSA) is 77.7 Å². The maximum atomic E-state index is 11.3. The number of aromatic nitrogens is 4. The average molecular weight is 259 g/mol. The van der Waals surface area contributed by atoms with E-state index in [0.29, 0.717) is 11.4 Å². The Morgan fingerprint density at radius 2 is 2.00 bits per heavy atom. The third kappa shape index (κ3) is 1.91. The highest BCUT2D eigenvalue weighted by atomic mass is 35.7. The van der Waals surface area contributed by atoms with E-state index < -0.39 is 9.05 Å². The van der Waals surface area contributed by atoms with Crippen molar-refractivity contribution in [2.75, 3.05) is 0 Å². The summed E-state index contributed by atoms with van der Waals surface area (Å²) in [7, 11) is 3.13. The predicted octanol–water partition coefficient (Wildman–Crippen LogP) is 0.805. The molecule has 2 rings (SSSR count). The Balaban J connectivity index is 2.72. The van der Waals surface area contributed by atoms with Crippen LogP contribution in [-0.2, 0) is 16.1 Å². The van der Waals surface area contributed by atoms with Gasteiger partial charge in [0.1, 0.15) is 0 Å². The monoisotopic (exact) mass is 258 g/mol. The van der Waals surface area contributed by atoms with E-state index in [1.54, 1.807) is 25.2 Å². The Morgan fingerprint density at radius 1 is 1.31 bits per heavy atom. The van der Waals surface area contributed by atoms with Crippen LogP contribution in [0.1, 0.15) is 0 Å². The van der Waals surface area contributed by atoms with Crippen LogP contribution in [0.25, 0.3) is 11.4 Å². The third-order valence-electron chi connectivity index (χ3n) is 2.01. The molecule has 0 spiro atoms. The first-order chi connectivity index (χ1) is 7.50. The van der Waals surface area contributed by atoms with Crippen LogP contribution in [0.15, 0.2) is 29.2 Å². The fourth-order valence-corrected chi connectivity index (χ4v) is 2.39. The summed E-state index contributed by atoms with van der Waals surface area (Å²) in [6.45, 7) is 0. The van der Waals surface area contributed by atoms with E-state index >= 15 is 0 Å². The highest BCUT2D eigenvalue weighted by molar-refractivity contribution is 8.13. The van der Waals surface area contributed by atoms with E-state index in [0.717, 1.165) is 0 Å². The number of hydrogen-bond acceptors (Lipinski definition) is 5. The number of aryl methyl sites for hydroxylation is 1. The molecule has 6 nitrogen and oxygen atoms in total. The molecule has 0 N–H and O–H groups in total. The summed E-state index contributed by atoms with van der Waals surface area (Å²) in [6, 6.07) is 6.28. The number of rotatable bonds is 2. The molecule has 1 aromatic carbocycles. The molecule has 16 heavy (non-hydrogen) atoms. The first-order valence-electron chi connectivity index (χ1n) is 4.26. The summed E-state index contributed by atoms with van der Waals surface area (Å²) in [6.07, 6.45) is 0. The Bertz CT molecular complexity index is 622. The molecule has 0 atom stereocenters. The van der Waals surface area contributed by atoms with Crippen LogP contribution in [0, 0.1) is 0 Å². The fourth-order valence-electron chi connectivity index (χ4n) is 1.32. The first kappa shape index (κ1) is 11.0. The van der Waals surface area contributed by atoms with Crippen molar-refractivity contribution in [1.29, 1.82) is 0 Å². The van der Waals surface area contributed by atoms with Gasteiger partial charge in [0, 0.05) is 23.3 Å². The Hall–Kier alpha value is -1.47. The molecule has 8 heteroatoms. The average Bonchev–Trinajstić information content (AvgIpc) is 2.63. The van der Waals surface area contributed by atoms with Gasteiger partial charge < -0.3 is 0 Å². The molecule has 0 unspecified atom stereocenters. The molecule has 84 valence electrons. The van der Waals surface area contributed by atoms with Crippen molar-refractivity contribution in [2.45, 2.75) is 4.90 Å². The maximum absolute atomic E-state index is 11.3. The SMILES string of the molecule is Cn1nnnc1-c1ccccc1S(=O)(=O)Cl. The van der Waals surface area contributed by atoms with Gasteiger partial charge in [-0.15, -0.1) is 5.10 Å². The lowest BCUT2D eigenvalue weighted by Crippen LogP contribution is -2.00. The normalized spacial score (nSPS) is 11.6. The fraction of sp³-hybridized carbons (Fsp3) is 0.125. The second-order valence-electron chi connectivity index (χ2n) is 3.06. The van der Waals surface area contributed by atoms with Crippen LogP contribution in [0.3, 0.4) is 0 Å². The molecular formula is C8H7ClN4O2S. The molecule has 0 saturated carbocycles. The van der Waals surface area contributed by atoms with E-state index in [2.05, 4.69) is 15.5 Å². The van der Waals surface area contributed by atoms with E-state index in [4.69, 9.17) is 10.7 Å². The Labute approximate surface area is 96.3 Å². The van der Waals surface area contributed by atoms with Gasteiger partial charge in [-0.3, -0.25) is 0 Å². The molecule has 1 heterocycles. The lowest BCUT2D eigenvalue weighted by Gasteiger charge is -2.03. The summed E-state index contributed by atoms with van der Waals surface area (Å²) in [4.78, 5) is -0.00503. The quantitative estimate of drug-likeness (QED) is 0.745. The zero-order valence-corrected chi connectivity index (χ0v) is 9.77. The lowest BCUT2D eigenvalue weighted by atomic mass is 10.2. The van der Waals surface area contributed by atoms with Crippen molar-refractivity contribution in [3.63, 3.8) is 0 Å². The van der Waals surface area contributed by atoms with Crippen LogP contribution in [-0.4, -0.2) is 28.6 Å². The van der Waals surface area contributed by atoms with Crippen molar-refractivity contribution in [3.8, 4) is 11.4 Å². The van der Waals surface area contributed by atoms with Crippen LogP contribution >= 0.6 is 10.7 Å². The van der Waals surface area contributed by atoms with Crippen LogP contribution in [0.4, 0.5) is 0 Å². The number of tetrazole rings is 1. The van der Waals surface area contributed by atoms with Gasteiger partial charge in [-0.05, 0) is 22.6 Å². The molecule has 0 saturated heterocycles. The van der Waals surface area contributed by atoms with E-state index in [1.165, 1.54) is 10.7 Å². The smallest absolute Gasteiger partial charge is 0.229 e. The van der Waals surface area contributed by atoms with Crippen LogP contribution < -0.4 is 0 Å². The van der Waals surface area contributed by atoms with Gasteiger partial charge in [0.2, 0.25) is 0 Å². The van der Waals surface area contributed by atoms with Crippen molar-refractivity contribution >= 4 is 19.7 Å². The van der Waals surface area contributed by atoms with E-state index in [9.17, 15) is 8.42 Å². The minimum Gasteiger partial charge on any atom is -0.229 e. The molecule has 0 radical (unpaired) electrons. The summed E-state index contributed by atoms with van der Waals surface area (Å²) in [5.74, 6) is 0.347. The standard InChI is InChI=1S/C8H7ClN4O2S/c1-13-8(10-11-12-13)6-4-2-3-5-7(6)16(9,14)15/h2-5H,1H3. The van der Waals surface area contributed by atoms with E-state index in [1.807, 2.05) is 0 Å². The van der Waals surface area contributed by atoms with Crippen LogP contribution in [0.5, 0.6) is 0 Å². The first-order valence-corrected chi connectivity index (χ1v) is 6.57. The highest BCUT2D eigenvalue weighted by Gasteiger charge is 2.19. The van der Waals surface area contributed by atoms with Crippen molar-refractivity contribution in [2.24, 2.45) is 7.05 Å². The molecule has 1 aromatic heterocycles. The zero-order chi connectivity index (χ0) is 11.8. The second kappa shape index (κ2) is 3.84. The summed E-state index contributed by atoms with van der Waals surface area (Å²) in [5, 5.41) is 10.8. The molecule has 0 aliphatic carbocycles. The number of benzene rings is 1. The third-order valence-corrected chi connectivity index (χ3v) is 3.39. The molecule has 0 aliphatic heterocycles. The predicted molar refractivity (Wildman–Crippen MR) is 57.3 cm³/mol. The van der Waals surface area contributed by atoms with Gasteiger partial charge in [0.25, 0.3) is 9.05 Å². The minimum absolute atomic E-state index is 0.00503. The molecule has 2 aromatic rings. The van der Waals surface area contributed by atoms with Crippen molar-refractivity contribution in [3.05, 3.63) is 24.3 Å². The summed E-state index contributed by atoms with van der Waals surface area (Å²) < 4.78 is 24.1. The molecule has 0 aliphatic rings. The Kier molecular flexibility index (Phi) is 2.64.